The van der Waals surface area contributed by atoms with Gasteiger partial charge in [0.2, 0.25) is 5.91 Å². The highest BCUT2D eigenvalue weighted by Gasteiger charge is 2.35. The molecule has 0 radical (unpaired) electrons. The molecule has 3 aliphatic rings. The van der Waals surface area contributed by atoms with E-state index < -0.39 is 0 Å². The van der Waals surface area contributed by atoms with Crippen LogP contribution in [0.15, 0.2) is 12.1 Å². The van der Waals surface area contributed by atoms with E-state index in [1.165, 1.54) is 24.0 Å². The fraction of sp³-hybridized carbons (Fsp3) is 0.625. The molecule has 31 heavy (non-hydrogen) atoms. The van der Waals surface area contributed by atoms with Crippen LogP contribution >= 0.6 is 0 Å². The van der Waals surface area contributed by atoms with Crippen molar-refractivity contribution in [1.29, 1.82) is 0 Å². The number of imidazole rings is 1. The van der Waals surface area contributed by atoms with E-state index in [0.717, 1.165) is 43.1 Å². The molecule has 1 aromatic carbocycles. The smallest absolute Gasteiger partial charge is 0.290 e. The average molecular weight is 425 g/mol. The Labute approximate surface area is 183 Å². The summed E-state index contributed by atoms with van der Waals surface area (Å²) < 4.78 is 1.90. The van der Waals surface area contributed by atoms with Crippen LogP contribution in [0.2, 0.25) is 0 Å². The van der Waals surface area contributed by atoms with Crippen molar-refractivity contribution >= 4 is 22.8 Å². The van der Waals surface area contributed by atoms with Crippen LogP contribution in [0.3, 0.4) is 0 Å². The summed E-state index contributed by atoms with van der Waals surface area (Å²) in [6.45, 7) is 3.32. The van der Waals surface area contributed by atoms with Gasteiger partial charge in [-0.1, -0.05) is 13.0 Å². The standard InChI is InChI=1S/C24H32N4O3/c1-3-15-12-17(16-4-5-16)13-20-22(15)25-23(26(20)2)24(31)27-10-11-28(21(30)14-27)18-6-8-19(29)9-7-18/h12-13,16,18-19,29H,3-11,14H2,1-2H3. The quantitative estimate of drug-likeness (QED) is 0.818. The molecule has 166 valence electrons. The topological polar surface area (TPSA) is 78.7 Å². The van der Waals surface area contributed by atoms with Gasteiger partial charge in [-0.15, -0.1) is 0 Å². The number of aromatic nitrogens is 2. The maximum atomic E-state index is 13.3. The molecule has 5 rings (SSSR count). The number of aliphatic hydroxyl groups is 1. The van der Waals surface area contributed by atoms with Crippen LogP contribution in [0.25, 0.3) is 11.0 Å². The van der Waals surface area contributed by atoms with E-state index in [1.54, 1.807) is 4.90 Å². The summed E-state index contributed by atoms with van der Waals surface area (Å²) in [6.07, 6.45) is 6.31. The van der Waals surface area contributed by atoms with Crippen molar-refractivity contribution < 1.29 is 14.7 Å². The zero-order valence-corrected chi connectivity index (χ0v) is 18.5. The fourth-order valence-corrected chi connectivity index (χ4v) is 5.25. The third-order valence-corrected chi connectivity index (χ3v) is 7.36. The Morgan fingerprint density at radius 2 is 1.87 bits per heavy atom. The van der Waals surface area contributed by atoms with Crippen LogP contribution in [-0.4, -0.2) is 68.1 Å². The molecule has 0 bridgehead atoms. The second-order valence-electron chi connectivity index (χ2n) is 9.45. The summed E-state index contributed by atoms with van der Waals surface area (Å²) in [5.74, 6) is 0.904. The Morgan fingerprint density at radius 1 is 1.13 bits per heavy atom. The lowest BCUT2D eigenvalue weighted by molar-refractivity contribution is -0.138. The minimum Gasteiger partial charge on any atom is -0.393 e. The summed E-state index contributed by atoms with van der Waals surface area (Å²) in [5.41, 5.74) is 4.46. The van der Waals surface area contributed by atoms with Gasteiger partial charge in [0, 0.05) is 26.2 Å². The van der Waals surface area contributed by atoms with Crippen LogP contribution in [0.4, 0.5) is 0 Å². The fourth-order valence-electron chi connectivity index (χ4n) is 5.25. The second-order valence-corrected chi connectivity index (χ2v) is 9.45. The Morgan fingerprint density at radius 3 is 2.52 bits per heavy atom. The minimum absolute atomic E-state index is 0.00465. The van der Waals surface area contributed by atoms with Gasteiger partial charge in [-0.05, 0) is 68.1 Å². The molecule has 0 spiro atoms. The summed E-state index contributed by atoms with van der Waals surface area (Å²) in [6, 6.07) is 4.64. The number of aryl methyl sites for hydroxylation is 2. The Kier molecular flexibility index (Phi) is 5.24. The summed E-state index contributed by atoms with van der Waals surface area (Å²) >= 11 is 0. The first-order valence-corrected chi connectivity index (χ1v) is 11.7. The molecule has 7 heteroatoms. The van der Waals surface area contributed by atoms with Crippen molar-refractivity contribution in [3.63, 3.8) is 0 Å². The number of benzene rings is 1. The van der Waals surface area contributed by atoms with Gasteiger partial charge in [0.25, 0.3) is 5.91 Å². The largest absolute Gasteiger partial charge is 0.393 e. The molecular weight excluding hydrogens is 392 g/mol. The van der Waals surface area contributed by atoms with Crippen molar-refractivity contribution in [3.05, 3.63) is 29.1 Å². The van der Waals surface area contributed by atoms with Gasteiger partial charge < -0.3 is 19.5 Å². The summed E-state index contributed by atoms with van der Waals surface area (Å²) in [7, 11) is 1.91. The maximum Gasteiger partial charge on any atom is 0.290 e. The molecule has 0 atom stereocenters. The average Bonchev–Trinajstić information content (AvgIpc) is 3.57. The number of amides is 2. The third-order valence-electron chi connectivity index (χ3n) is 7.36. The van der Waals surface area contributed by atoms with E-state index in [-0.39, 0.29) is 30.5 Å². The van der Waals surface area contributed by atoms with E-state index >= 15 is 0 Å². The van der Waals surface area contributed by atoms with Crippen molar-refractivity contribution in [1.82, 2.24) is 19.4 Å². The predicted octanol–water partition coefficient (Wildman–Crippen LogP) is 2.60. The first kappa shape index (κ1) is 20.5. The molecule has 7 nitrogen and oxygen atoms in total. The van der Waals surface area contributed by atoms with Crippen LogP contribution in [0.5, 0.6) is 0 Å². The van der Waals surface area contributed by atoms with E-state index in [2.05, 4.69) is 19.1 Å². The molecule has 3 fully saturated rings. The summed E-state index contributed by atoms with van der Waals surface area (Å²) in [4.78, 5) is 34.5. The number of aliphatic hydroxyl groups excluding tert-OH is 1. The number of nitrogens with zero attached hydrogens (tertiary/aromatic N) is 4. The van der Waals surface area contributed by atoms with Crippen molar-refractivity contribution in [2.45, 2.75) is 69.9 Å². The first-order valence-electron chi connectivity index (χ1n) is 11.7. The Bertz CT molecular complexity index is 1020. The number of rotatable bonds is 4. The maximum absolute atomic E-state index is 13.3. The SMILES string of the molecule is CCc1cc(C2CC2)cc2c1nc(C(=O)N1CCN(C3CCC(O)CC3)C(=O)C1)n2C. The van der Waals surface area contributed by atoms with Gasteiger partial charge in [-0.2, -0.15) is 0 Å². The molecular formula is C24H32N4O3. The van der Waals surface area contributed by atoms with Crippen LogP contribution < -0.4 is 0 Å². The lowest BCUT2D eigenvalue weighted by Crippen LogP contribution is -2.56. The number of hydrogen-bond donors (Lipinski definition) is 1. The van der Waals surface area contributed by atoms with E-state index in [9.17, 15) is 14.7 Å². The molecule has 1 aromatic heterocycles. The zero-order chi connectivity index (χ0) is 21.7. The van der Waals surface area contributed by atoms with Crippen molar-refractivity contribution in [2.75, 3.05) is 19.6 Å². The highest BCUT2D eigenvalue weighted by atomic mass is 16.3. The normalized spacial score (nSPS) is 24.8. The van der Waals surface area contributed by atoms with E-state index in [4.69, 9.17) is 4.98 Å². The molecule has 1 saturated heterocycles. The Hall–Kier alpha value is -2.41. The highest BCUT2D eigenvalue weighted by Crippen LogP contribution is 2.41. The number of piperazine rings is 1. The minimum atomic E-state index is -0.236. The van der Waals surface area contributed by atoms with E-state index in [0.29, 0.717) is 24.8 Å². The number of fused-ring (bicyclic) bond motifs is 1. The van der Waals surface area contributed by atoms with Gasteiger partial charge in [0.05, 0.1) is 17.1 Å². The number of carbonyl (C=O) groups excluding carboxylic acids is 2. The predicted molar refractivity (Wildman–Crippen MR) is 118 cm³/mol. The van der Waals surface area contributed by atoms with E-state index in [1.807, 2.05) is 16.5 Å². The van der Waals surface area contributed by atoms with Gasteiger partial charge in [0.1, 0.15) is 6.54 Å². The number of hydrogen-bond acceptors (Lipinski definition) is 4. The van der Waals surface area contributed by atoms with Crippen LogP contribution in [0, 0.1) is 0 Å². The molecule has 2 aliphatic carbocycles. The first-order chi connectivity index (χ1) is 15.0. The van der Waals surface area contributed by atoms with Crippen molar-refractivity contribution in [2.24, 2.45) is 7.05 Å². The number of carbonyl (C=O) groups is 2. The van der Waals surface area contributed by atoms with Gasteiger partial charge in [-0.3, -0.25) is 9.59 Å². The van der Waals surface area contributed by atoms with Crippen LogP contribution in [-0.2, 0) is 18.3 Å². The molecule has 2 heterocycles. The van der Waals surface area contributed by atoms with Crippen molar-refractivity contribution in [3.8, 4) is 0 Å². The third kappa shape index (κ3) is 3.73. The zero-order valence-electron chi connectivity index (χ0n) is 18.5. The summed E-state index contributed by atoms with van der Waals surface area (Å²) in [5, 5.41) is 9.74. The van der Waals surface area contributed by atoms with Gasteiger partial charge in [0.15, 0.2) is 5.82 Å². The van der Waals surface area contributed by atoms with Crippen LogP contribution in [0.1, 0.15) is 73.1 Å². The molecule has 2 aromatic rings. The molecule has 1 aliphatic heterocycles. The second kappa shape index (κ2) is 7.93. The highest BCUT2D eigenvalue weighted by molar-refractivity contribution is 5.98. The molecule has 0 unspecified atom stereocenters. The van der Waals surface area contributed by atoms with Gasteiger partial charge in [-0.25, -0.2) is 4.98 Å². The molecule has 2 amide bonds. The lowest BCUT2D eigenvalue weighted by Gasteiger charge is -2.41. The van der Waals surface area contributed by atoms with Gasteiger partial charge >= 0.3 is 0 Å². The monoisotopic (exact) mass is 424 g/mol. The molecule has 1 N–H and O–H groups in total. The molecule has 2 saturated carbocycles. The Balaban J connectivity index is 1.36. The lowest BCUT2D eigenvalue weighted by atomic mass is 9.91.